The van der Waals surface area contributed by atoms with Crippen molar-refractivity contribution in [3.8, 4) is 23.1 Å². The molecule has 1 N–H and O–H groups in total. The van der Waals surface area contributed by atoms with E-state index in [0.717, 1.165) is 0 Å². The van der Waals surface area contributed by atoms with Gasteiger partial charge in [-0.05, 0) is 45.0 Å². The zero-order valence-electron chi connectivity index (χ0n) is 15.1. The van der Waals surface area contributed by atoms with Gasteiger partial charge in [-0.2, -0.15) is 5.10 Å². The molecule has 3 heterocycles. The summed E-state index contributed by atoms with van der Waals surface area (Å²) in [4.78, 5) is 16.9. The van der Waals surface area contributed by atoms with Gasteiger partial charge in [0.1, 0.15) is 0 Å². The summed E-state index contributed by atoms with van der Waals surface area (Å²) in [7, 11) is 1.52. The van der Waals surface area contributed by atoms with Crippen molar-refractivity contribution in [1.82, 2.24) is 30.3 Å². The number of rotatable bonds is 4. The Morgan fingerprint density at radius 2 is 1.96 bits per heavy atom. The quantitative estimate of drug-likeness (QED) is 0.774. The van der Waals surface area contributed by atoms with Gasteiger partial charge < -0.3 is 10.1 Å². The van der Waals surface area contributed by atoms with E-state index in [-0.39, 0.29) is 17.1 Å². The average Bonchev–Trinajstić information content (AvgIpc) is 3.07. The molecular weight excluding hydrogens is 332 g/mol. The minimum absolute atomic E-state index is 0.269. The summed E-state index contributed by atoms with van der Waals surface area (Å²) < 4.78 is 6.59. The van der Waals surface area contributed by atoms with E-state index < -0.39 is 0 Å². The molecule has 1 amide bonds. The summed E-state index contributed by atoms with van der Waals surface area (Å²) in [6.07, 6.45) is 1.68. The Morgan fingerprint density at radius 3 is 2.54 bits per heavy atom. The van der Waals surface area contributed by atoms with Gasteiger partial charge in [0.2, 0.25) is 5.88 Å². The largest absolute Gasteiger partial charge is 0.480 e. The van der Waals surface area contributed by atoms with Crippen LogP contribution in [0.2, 0.25) is 0 Å². The molecule has 26 heavy (non-hydrogen) atoms. The van der Waals surface area contributed by atoms with Crippen LogP contribution in [0.5, 0.6) is 5.88 Å². The molecule has 3 aromatic heterocycles. The Bertz CT molecular complexity index is 898. The van der Waals surface area contributed by atoms with Crippen LogP contribution in [-0.2, 0) is 0 Å². The van der Waals surface area contributed by atoms with E-state index >= 15 is 0 Å². The molecule has 8 heteroatoms. The van der Waals surface area contributed by atoms with Crippen LogP contribution >= 0.6 is 0 Å². The van der Waals surface area contributed by atoms with Crippen LogP contribution in [0, 0.1) is 0 Å². The fourth-order valence-electron chi connectivity index (χ4n) is 2.30. The molecule has 134 valence electrons. The van der Waals surface area contributed by atoms with Gasteiger partial charge in [-0.1, -0.05) is 6.07 Å². The van der Waals surface area contributed by atoms with Gasteiger partial charge in [0, 0.05) is 17.8 Å². The summed E-state index contributed by atoms with van der Waals surface area (Å²) in [6, 6.07) is 10.6. The molecular formula is C18H20N6O2. The van der Waals surface area contributed by atoms with Gasteiger partial charge in [0.05, 0.1) is 18.5 Å². The standard InChI is InChI=1S/C18H20N6O2/c1-18(2,3)20-17(25)13-11-14(12-7-5-6-10-19-12)24(23-13)15-8-9-16(26-4)22-21-15/h5-11H,1-4H3,(H,20,25). The highest BCUT2D eigenvalue weighted by atomic mass is 16.5. The number of hydrogen-bond donors (Lipinski definition) is 1. The molecule has 3 rings (SSSR count). The number of ether oxygens (including phenoxy) is 1. The molecule has 0 spiro atoms. The van der Waals surface area contributed by atoms with Crippen molar-refractivity contribution in [3.05, 3.63) is 48.3 Å². The first kappa shape index (κ1) is 17.5. The average molecular weight is 352 g/mol. The van der Waals surface area contributed by atoms with Gasteiger partial charge in [-0.25, -0.2) is 4.68 Å². The number of carbonyl (C=O) groups is 1. The van der Waals surface area contributed by atoms with Crippen molar-refractivity contribution in [1.29, 1.82) is 0 Å². The normalized spacial score (nSPS) is 11.2. The van der Waals surface area contributed by atoms with Crippen LogP contribution in [0.4, 0.5) is 0 Å². The number of hydrogen-bond acceptors (Lipinski definition) is 6. The zero-order valence-corrected chi connectivity index (χ0v) is 15.1. The van der Waals surface area contributed by atoms with Crippen LogP contribution in [0.1, 0.15) is 31.3 Å². The molecule has 0 saturated heterocycles. The lowest BCUT2D eigenvalue weighted by atomic mass is 10.1. The maximum Gasteiger partial charge on any atom is 0.272 e. The van der Waals surface area contributed by atoms with Crippen molar-refractivity contribution in [2.45, 2.75) is 26.3 Å². The number of amides is 1. The zero-order chi connectivity index (χ0) is 18.7. The number of methoxy groups -OCH3 is 1. The predicted octanol–water partition coefficient (Wildman–Crippen LogP) is 2.26. The van der Waals surface area contributed by atoms with Crippen molar-refractivity contribution in [2.75, 3.05) is 7.11 Å². The fraction of sp³-hybridized carbons (Fsp3) is 0.278. The summed E-state index contributed by atoms with van der Waals surface area (Å²) in [5.74, 6) is 0.585. The van der Waals surface area contributed by atoms with E-state index in [1.807, 2.05) is 39.0 Å². The molecule has 0 aliphatic carbocycles. The molecule has 0 radical (unpaired) electrons. The maximum absolute atomic E-state index is 12.5. The van der Waals surface area contributed by atoms with Crippen LogP contribution in [0.3, 0.4) is 0 Å². The van der Waals surface area contributed by atoms with Gasteiger partial charge in [-0.3, -0.25) is 9.78 Å². The lowest BCUT2D eigenvalue weighted by molar-refractivity contribution is 0.0914. The number of pyridine rings is 1. The van der Waals surface area contributed by atoms with E-state index in [4.69, 9.17) is 4.74 Å². The molecule has 0 bridgehead atoms. The highest BCUT2D eigenvalue weighted by molar-refractivity contribution is 5.93. The second kappa shape index (κ2) is 6.91. The highest BCUT2D eigenvalue weighted by Crippen LogP contribution is 2.22. The Kier molecular flexibility index (Phi) is 4.66. The highest BCUT2D eigenvalue weighted by Gasteiger charge is 2.21. The lowest BCUT2D eigenvalue weighted by Crippen LogP contribution is -2.40. The molecule has 0 aliphatic heterocycles. The Balaban J connectivity index is 2.07. The molecule has 0 fully saturated rings. The van der Waals surface area contributed by atoms with E-state index in [2.05, 4.69) is 25.6 Å². The fourth-order valence-corrected chi connectivity index (χ4v) is 2.30. The van der Waals surface area contributed by atoms with Crippen LogP contribution < -0.4 is 10.1 Å². The number of carbonyl (C=O) groups excluding carboxylic acids is 1. The first-order valence-electron chi connectivity index (χ1n) is 8.09. The van der Waals surface area contributed by atoms with Gasteiger partial charge in [0.25, 0.3) is 5.91 Å². The minimum Gasteiger partial charge on any atom is -0.480 e. The van der Waals surface area contributed by atoms with Gasteiger partial charge in [-0.15, -0.1) is 10.2 Å². The molecule has 0 aliphatic rings. The molecule has 0 saturated carbocycles. The molecule has 0 atom stereocenters. The van der Waals surface area contributed by atoms with Crippen molar-refractivity contribution in [3.63, 3.8) is 0 Å². The first-order chi connectivity index (χ1) is 12.4. The predicted molar refractivity (Wildman–Crippen MR) is 96.2 cm³/mol. The SMILES string of the molecule is COc1ccc(-n2nc(C(=O)NC(C)(C)C)cc2-c2ccccn2)nn1. The Morgan fingerprint density at radius 1 is 1.15 bits per heavy atom. The maximum atomic E-state index is 12.5. The molecule has 8 nitrogen and oxygen atoms in total. The van der Waals surface area contributed by atoms with E-state index in [1.54, 1.807) is 29.1 Å². The Labute approximate surface area is 151 Å². The van der Waals surface area contributed by atoms with E-state index in [0.29, 0.717) is 23.1 Å². The van der Waals surface area contributed by atoms with Crippen molar-refractivity contribution < 1.29 is 9.53 Å². The number of aromatic nitrogens is 5. The molecule has 0 unspecified atom stereocenters. The van der Waals surface area contributed by atoms with Crippen LogP contribution in [0.15, 0.2) is 42.6 Å². The topological polar surface area (TPSA) is 94.8 Å². The third kappa shape index (κ3) is 3.85. The van der Waals surface area contributed by atoms with Crippen molar-refractivity contribution >= 4 is 5.91 Å². The first-order valence-corrected chi connectivity index (χ1v) is 8.09. The molecule has 0 aromatic carbocycles. The number of nitrogens with zero attached hydrogens (tertiary/aromatic N) is 5. The monoisotopic (exact) mass is 352 g/mol. The van der Waals surface area contributed by atoms with E-state index in [1.165, 1.54) is 7.11 Å². The molecule has 3 aromatic rings. The summed E-state index contributed by atoms with van der Waals surface area (Å²) in [6.45, 7) is 5.74. The second-order valence-corrected chi connectivity index (χ2v) is 6.68. The summed E-state index contributed by atoms with van der Waals surface area (Å²) >= 11 is 0. The summed E-state index contributed by atoms with van der Waals surface area (Å²) in [5.41, 5.74) is 1.22. The Hall–Kier alpha value is -3.29. The van der Waals surface area contributed by atoms with Gasteiger partial charge >= 0.3 is 0 Å². The smallest absolute Gasteiger partial charge is 0.272 e. The second-order valence-electron chi connectivity index (χ2n) is 6.68. The lowest BCUT2D eigenvalue weighted by Gasteiger charge is -2.19. The van der Waals surface area contributed by atoms with Gasteiger partial charge in [0.15, 0.2) is 11.5 Å². The third-order valence-electron chi connectivity index (χ3n) is 3.41. The van der Waals surface area contributed by atoms with Crippen LogP contribution in [0.25, 0.3) is 17.2 Å². The summed E-state index contributed by atoms with van der Waals surface area (Å²) in [5, 5.41) is 15.4. The van der Waals surface area contributed by atoms with Crippen LogP contribution in [-0.4, -0.2) is 43.5 Å². The number of nitrogens with one attached hydrogen (secondary N) is 1. The van der Waals surface area contributed by atoms with E-state index in [9.17, 15) is 4.79 Å². The minimum atomic E-state index is -0.369. The third-order valence-corrected chi connectivity index (χ3v) is 3.41. The van der Waals surface area contributed by atoms with Crippen molar-refractivity contribution in [2.24, 2.45) is 0 Å².